The molecular formula is C31H35N3O2. The zero-order valence-corrected chi connectivity index (χ0v) is 21.3. The third kappa shape index (κ3) is 5.15. The maximum atomic E-state index is 13.1. The van der Waals surface area contributed by atoms with Crippen molar-refractivity contribution in [2.45, 2.75) is 58.4 Å². The molecule has 1 saturated heterocycles. The Hall–Kier alpha value is -3.60. The molecule has 5 nitrogen and oxygen atoms in total. The van der Waals surface area contributed by atoms with Gasteiger partial charge in [-0.15, -0.1) is 0 Å². The molecule has 0 aliphatic carbocycles. The van der Waals surface area contributed by atoms with Crippen LogP contribution in [0.1, 0.15) is 56.0 Å². The predicted octanol–water partition coefficient (Wildman–Crippen LogP) is 6.54. The number of rotatable bonds is 10. The van der Waals surface area contributed by atoms with Gasteiger partial charge < -0.3 is 14.2 Å². The van der Waals surface area contributed by atoms with Gasteiger partial charge in [-0.2, -0.15) is 0 Å². The summed E-state index contributed by atoms with van der Waals surface area (Å²) in [7, 11) is 0. The molecule has 36 heavy (non-hydrogen) atoms. The van der Waals surface area contributed by atoms with E-state index in [1.807, 2.05) is 35.2 Å². The fourth-order valence-corrected chi connectivity index (χ4v) is 5.07. The molecule has 5 heteroatoms. The van der Waals surface area contributed by atoms with Gasteiger partial charge in [-0.25, -0.2) is 4.98 Å². The van der Waals surface area contributed by atoms with Crippen LogP contribution in [0.2, 0.25) is 0 Å². The van der Waals surface area contributed by atoms with Crippen LogP contribution in [0, 0.1) is 0 Å². The minimum atomic E-state index is 0.0495. The van der Waals surface area contributed by atoms with E-state index in [1.165, 1.54) is 24.0 Å². The van der Waals surface area contributed by atoms with Gasteiger partial charge in [-0.1, -0.05) is 56.7 Å². The van der Waals surface area contributed by atoms with Crippen molar-refractivity contribution >= 4 is 22.6 Å². The van der Waals surface area contributed by atoms with E-state index in [4.69, 9.17) is 9.72 Å². The number of aryl methyl sites for hydroxylation is 2. The number of carbonyl (C=O) groups excluding carboxylic acids is 1. The van der Waals surface area contributed by atoms with Gasteiger partial charge in [0.2, 0.25) is 5.91 Å². The van der Waals surface area contributed by atoms with Gasteiger partial charge in [-0.05, 0) is 66.8 Å². The van der Waals surface area contributed by atoms with Crippen molar-refractivity contribution < 1.29 is 9.53 Å². The highest BCUT2D eigenvalue weighted by Crippen LogP contribution is 2.33. The van der Waals surface area contributed by atoms with E-state index >= 15 is 0 Å². The second kappa shape index (κ2) is 11.0. The van der Waals surface area contributed by atoms with E-state index in [2.05, 4.69) is 60.9 Å². The van der Waals surface area contributed by atoms with E-state index in [-0.39, 0.29) is 11.8 Å². The van der Waals surface area contributed by atoms with E-state index in [0.717, 1.165) is 41.1 Å². The Morgan fingerprint density at radius 3 is 2.44 bits per heavy atom. The lowest BCUT2D eigenvalue weighted by Crippen LogP contribution is -2.24. The predicted molar refractivity (Wildman–Crippen MR) is 146 cm³/mol. The van der Waals surface area contributed by atoms with Crippen molar-refractivity contribution in [2.75, 3.05) is 18.1 Å². The van der Waals surface area contributed by atoms with Gasteiger partial charge in [-0.3, -0.25) is 4.79 Å². The summed E-state index contributed by atoms with van der Waals surface area (Å²) in [5.74, 6) is 2.06. The van der Waals surface area contributed by atoms with Crippen molar-refractivity contribution in [1.29, 1.82) is 0 Å². The molecule has 1 unspecified atom stereocenters. The van der Waals surface area contributed by atoms with Crippen LogP contribution in [0.4, 0.5) is 5.69 Å². The quantitative estimate of drug-likeness (QED) is 0.258. The minimum absolute atomic E-state index is 0.0495. The van der Waals surface area contributed by atoms with Crippen molar-refractivity contribution in [2.24, 2.45) is 0 Å². The largest absolute Gasteiger partial charge is 0.492 e. The number of hydrogen-bond donors (Lipinski definition) is 0. The molecular weight excluding hydrogens is 446 g/mol. The molecule has 2 heterocycles. The summed E-state index contributed by atoms with van der Waals surface area (Å²) in [5, 5.41) is 0. The first kappa shape index (κ1) is 24.1. The molecule has 0 N–H and O–H groups in total. The minimum Gasteiger partial charge on any atom is -0.492 e. The van der Waals surface area contributed by atoms with Crippen molar-refractivity contribution in [3.8, 4) is 5.75 Å². The van der Waals surface area contributed by atoms with E-state index in [1.54, 1.807) is 0 Å². The normalized spacial score (nSPS) is 15.7. The monoisotopic (exact) mass is 481 g/mol. The number of anilines is 1. The lowest BCUT2D eigenvalue weighted by molar-refractivity contribution is -0.117. The second-order valence-electron chi connectivity index (χ2n) is 9.63. The van der Waals surface area contributed by atoms with E-state index < -0.39 is 0 Å². The maximum absolute atomic E-state index is 13.1. The molecule has 186 valence electrons. The number of ether oxygens (including phenoxy) is 1. The highest BCUT2D eigenvalue weighted by molar-refractivity contribution is 5.96. The second-order valence-corrected chi connectivity index (χ2v) is 9.63. The maximum Gasteiger partial charge on any atom is 0.227 e. The Labute approximate surface area is 213 Å². The highest BCUT2D eigenvalue weighted by Gasteiger charge is 2.34. The molecule has 1 amide bonds. The molecule has 3 aromatic carbocycles. The number of imidazole rings is 1. The van der Waals surface area contributed by atoms with Gasteiger partial charge in [0, 0.05) is 24.6 Å². The lowest BCUT2D eigenvalue weighted by Gasteiger charge is -2.18. The zero-order chi connectivity index (χ0) is 24.9. The molecule has 1 aromatic heterocycles. The number of hydrogen-bond acceptors (Lipinski definition) is 3. The summed E-state index contributed by atoms with van der Waals surface area (Å²) < 4.78 is 8.31. The van der Waals surface area contributed by atoms with Gasteiger partial charge >= 0.3 is 0 Å². The highest BCUT2D eigenvalue weighted by atomic mass is 16.5. The number of amides is 1. The first-order chi connectivity index (χ1) is 17.7. The first-order valence-electron chi connectivity index (χ1n) is 13.2. The molecule has 0 spiro atoms. The summed E-state index contributed by atoms with van der Waals surface area (Å²) in [6.07, 6.45) is 4.95. The lowest BCUT2D eigenvalue weighted by atomic mass is 10.1. The van der Waals surface area contributed by atoms with Crippen LogP contribution in [0.15, 0.2) is 72.8 Å². The Morgan fingerprint density at radius 2 is 1.69 bits per heavy atom. The Bertz CT molecular complexity index is 1310. The van der Waals surface area contributed by atoms with Crippen molar-refractivity contribution in [1.82, 2.24) is 9.55 Å². The van der Waals surface area contributed by atoms with Crippen LogP contribution in [-0.2, 0) is 24.2 Å². The number of aromatic nitrogens is 2. The summed E-state index contributed by atoms with van der Waals surface area (Å²) in [6.45, 7) is 6.24. The van der Waals surface area contributed by atoms with Crippen LogP contribution in [-0.4, -0.2) is 28.6 Å². The smallest absolute Gasteiger partial charge is 0.227 e. The molecule has 1 aliphatic heterocycles. The number of benzene rings is 3. The molecule has 1 fully saturated rings. The standard InChI is InChI=1S/C31H35N3O2/c1-3-5-8-24-11-15-26(16-12-24)34-22-25(21-30(34)35)31-32-28-9-6-7-10-29(28)33(31)19-20-36-27-17-13-23(4-2)14-18-27/h6-7,9-18,25H,3-5,8,19-22H2,1-2H3. The van der Waals surface area contributed by atoms with Crippen molar-refractivity contribution in [3.63, 3.8) is 0 Å². The molecule has 0 bridgehead atoms. The number of carbonyl (C=O) groups is 1. The Balaban J connectivity index is 1.33. The van der Waals surface area contributed by atoms with E-state index in [0.29, 0.717) is 26.1 Å². The number of unbranched alkanes of at least 4 members (excludes halogenated alkanes) is 1. The summed E-state index contributed by atoms with van der Waals surface area (Å²) in [5.41, 5.74) is 5.66. The molecule has 0 saturated carbocycles. The fourth-order valence-electron chi connectivity index (χ4n) is 5.07. The average molecular weight is 482 g/mol. The Morgan fingerprint density at radius 1 is 0.944 bits per heavy atom. The van der Waals surface area contributed by atoms with Crippen molar-refractivity contribution in [3.05, 3.63) is 89.7 Å². The Kier molecular flexibility index (Phi) is 7.36. The fraction of sp³-hybridized carbons (Fsp3) is 0.355. The third-order valence-electron chi connectivity index (χ3n) is 7.16. The molecule has 5 rings (SSSR count). The molecule has 1 aliphatic rings. The molecule has 0 radical (unpaired) electrons. The van der Waals surface area contributed by atoms with Gasteiger partial charge in [0.05, 0.1) is 17.6 Å². The number of nitrogens with zero attached hydrogens (tertiary/aromatic N) is 3. The third-order valence-corrected chi connectivity index (χ3v) is 7.16. The topological polar surface area (TPSA) is 47.4 Å². The SMILES string of the molecule is CCCCc1ccc(N2CC(c3nc4ccccc4n3CCOc3ccc(CC)cc3)CC2=O)cc1. The van der Waals surface area contributed by atoms with Crippen LogP contribution < -0.4 is 9.64 Å². The van der Waals surface area contributed by atoms with Crippen LogP contribution in [0.5, 0.6) is 5.75 Å². The first-order valence-corrected chi connectivity index (χ1v) is 13.2. The average Bonchev–Trinajstić information content (AvgIpc) is 3.48. The summed E-state index contributed by atoms with van der Waals surface area (Å²) >= 11 is 0. The van der Waals surface area contributed by atoms with E-state index in [9.17, 15) is 4.79 Å². The molecule has 1 atom stereocenters. The molecule has 4 aromatic rings. The van der Waals surface area contributed by atoms with Crippen LogP contribution in [0.25, 0.3) is 11.0 Å². The number of para-hydroxylation sites is 2. The van der Waals surface area contributed by atoms with Gasteiger partial charge in [0.15, 0.2) is 0 Å². The number of fused-ring (bicyclic) bond motifs is 1. The van der Waals surface area contributed by atoms with Gasteiger partial charge in [0.25, 0.3) is 0 Å². The van der Waals surface area contributed by atoms with Gasteiger partial charge in [0.1, 0.15) is 18.2 Å². The zero-order valence-electron chi connectivity index (χ0n) is 21.3. The van der Waals surface area contributed by atoms with Crippen LogP contribution in [0.3, 0.4) is 0 Å². The van der Waals surface area contributed by atoms with Crippen LogP contribution >= 0.6 is 0 Å². The summed E-state index contributed by atoms with van der Waals surface area (Å²) in [4.78, 5) is 20.0. The summed E-state index contributed by atoms with van der Waals surface area (Å²) in [6, 6.07) is 25.0.